The minimum atomic E-state index is -1.03. The van der Waals surface area contributed by atoms with Crippen LogP contribution in [0.4, 0.5) is 5.69 Å². The molecule has 1 aliphatic heterocycles. The second-order valence-corrected chi connectivity index (χ2v) is 9.10. The maximum Gasteiger partial charge on any atom is 0.329 e. The predicted octanol–water partition coefficient (Wildman–Crippen LogP) is 5.36. The molecule has 2 fully saturated rings. The molecule has 2 aromatic carbocycles. The van der Waals surface area contributed by atoms with E-state index in [1.807, 2.05) is 32.0 Å². The highest BCUT2D eigenvalue weighted by Crippen LogP contribution is 2.42. The summed E-state index contributed by atoms with van der Waals surface area (Å²) >= 11 is 6.75. The lowest BCUT2D eigenvalue weighted by atomic mass is 9.89. The summed E-state index contributed by atoms with van der Waals surface area (Å²) < 4.78 is 17.0. The number of rotatable bonds is 8. The molecule has 1 heterocycles. The smallest absolute Gasteiger partial charge is 0.329 e. The van der Waals surface area contributed by atoms with Crippen molar-refractivity contribution in [3.05, 3.63) is 46.0 Å². The Morgan fingerprint density at radius 1 is 1.22 bits per heavy atom. The molecule has 0 atom stereocenters. The average molecular weight is 460 g/mol. The number of halogens is 1. The highest BCUT2D eigenvalue weighted by Gasteiger charge is 2.40. The van der Waals surface area contributed by atoms with E-state index in [1.165, 1.54) is 0 Å². The maximum atomic E-state index is 12.1. The van der Waals surface area contributed by atoms with Crippen molar-refractivity contribution >= 4 is 23.3 Å². The highest BCUT2D eigenvalue weighted by atomic mass is 35.5. The SMILES string of the molecule is COc1c(C)c(C)cc(-c2ccc(NC3(C(=O)O)CCOCC3)cc2COC2CC2)c1Cl. The van der Waals surface area contributed by atoms with E-state index >= 15 is 0 Å². The van der Waals surface area contributed by atoms with Crippen LogP contribution in [-0.2, 0) is 20.9 Å². The van der Waals surface area contributed by atoms with Gasteiger partial charge in [0.05, 0.1) is 24.8 Å². The number of anilines is 1. The normalized spacial score (nSPS) is 17.8. The lowest BCUT2D eigenvalue weighted by Gasteiger charge is -2.35. The van der Waals surface area contributed by atoms with Crippen LogP contribution >= 0.6 is 11.6 Å². The molecular weight excluding hydrogens is 430 g/mol. The molecule has 2 aromatic rings. The van der Waals surface area contributed by atoms with Gasteiger partial charge in [0.2, 0.25) is 0 Å². The number of methoxy groups -OCH3 is 1. The van der Waals surface area contributed by atoms with Crippen molar-refractivity contribution in [1.29, 1.82) is 0 Å². The Bertz CT molecular complexity index is 1010. The second kappa shape index (κ2) is 9.30. The zero-order chi connectivity index (χ0) is 22.9. The number of aryl methyl sites for hydroxylation is 1. The van der Waals surface area contributed by atoms with Crippen molar-refractivity contribution in [3.63, 3.8) is 0 Å². The minimum absolute atomic E-state index is 0.296. The summed E-state index contributed by atoms with van der Waals surface area (Å²) in [6.45, 7) is 5.31. The first kappa shape index (κ1) is 22.9. The predicted molar refractivity (Wildman–Crippen MR) is 125 cm³/mol. The van der Waals surface area contributed by atoms with Gasteiger partial charge in [-0.2, -0.15) is 0 Å². The quantitative estimate of drug-likeness (QED) is 0.553. The van der Waals surface area contributed by atoms with Crippen LogP contribution in [-0.4, -0.2) is 43.0 Å². The van der Waals surface area contributed by atoms with E-state index in [1.54, 1.807) is 7.11 Å². The van der Waals surface area contributed by atoms with Gasteiger partial charge in [0, 0.05) is 37.3 Å². The fourth-order valence-corrected chi connectivity index (χ4v) is 4.55. The van der Waals surface area contributed by atoms with Crippen LogP contribution in [0, 0.1) is 13.8 Å². The lowest BCUT2D eigenvalue weighted by Crippen LogP contribution is -2.50. The first-order valence-electron chi connectivity index (χ1n) is 11.0. The van der Waals surface area contributed by atoms with Gasteiger partial charge in [0.1, 0.15) is 11.3 Å². The summed E-state index contributed by atoms with van der Waals surface area (Å²) in [5.74, 6) is -0.187. The molecule has 6 nitrogen and oxygen atoms in total. The summed E-state index contributed by atoms with van der Waals surface area (Å²) in [5.41, 5.74) is 4.62. The fraction of sp³-hybridized carbons (Fsp3) is 0.480. The first-order valence-corrected chi connectivity index (χ1v) is 11.4. The molecule has 4 rings (SSSR count). The van der Waals surface area contributed by atoms with Crippen LogP contribution < -0.4 is 10.1 Å². The third-order valence-electron chi connectivity index (χ3n) is 6.47. The number of carboxylic acid groups (broad SMARTS) is 1. The monoisotopic (exact) mass is 459 g/mol. The number of aliphatic carboxylic acids is 1. The third-order valence-corrected chi connectivity index (χ3v) is 6.84. The number of nitrogens with one attached hydrogen (secondary N) is 1. The molecule has 0 spiro atoms. The summed E-state index contributed by atoms with van der Waals surface area (Å²) in [4.78, 5) is 12.1. The zero-order valence-electron chi connectivity index (χ0n) is 18.8. The van der Waals surface area contributed by atoms with E-state index < -0.39 is 11.5 Å². The van der Waals surface area contributed by atoms with E-state index in [4.69, 9.17) is 25.8 Å². The van der Waals surface area contributed by atoms with Gasteiger partial charge in [-0.3, -0.25) is 0 Å². The molecule has 0 aromatic heterocycles. The van der Waals surface area contributed by atoms with E-state index in [9.17, 15) is 9.90 Å². The van der Waals surface area contributed by atoms with Gasteiger partial charge in [-0.05, 0) is 67.1 Å². The van der Waals surface area contributed by atoms with Crippen LogP contribution in [0.5, 0.6) is 5.75 Å². The number of carbonyl (C=O) groups is 1. The molecule has 7 heteroatoms. The van der Waals surface area contributed by atoms with Gasteiger partial charge < -0.3 is 24.6 Å². The molecule has 32 heavy (non-hydrogen) atoms. The van der Waals surface area contributed by atoms with Crippen LogP contribution in [0.3, 0.4) is 0 Å². The van der Waals surface area contributed by atoms with E-state index in [0.717, 1.165) is 46.3 Å². The molecule has 2 aliphatic rings. The number of ether oxygens (including phenoxy) is 3. The van der Waals surface area contributed by atoms with Gasteiger partial charge in [0.15, 0.2) is 0 Å². The van der Waals surface area contributed by atoms with E-state index in [2.05, 4.69) is 11.4 Å². The van der Waals surface area contributed by atoms with Gasteiger partial charge >= 0.3 is 5.97 Å². The molecule has 172 valence electrons. The van der Waals surface area contributed by atoms with Crippen molar-refractivity contribution in [3.8, 4) is 16.9 Å². The third kappa shape index (κ3) is 4.58. The largest absolute Gasteiger partial charge is 0.495 e. The molecule has 1 saturated heterocycles. The van der Waals surface area contributed by atoms with Crippen molar-refractivity contribution in [2.45, 2.75) is 57.8 Å². The van der Waals surface area contributed by atoms with Gasteiger partial charge in [-0.15, -0.1) is 0 Å². The lowest BCUT2D eigenvalue weighted by molar-refractivity contribution is -0.145. The number of carboxylic acids is 1. The van der Waals surface area contributed by atoms with Crippen molar-refractivity contribution in [2.24, 2.45) is 0 Å². The molecule has 0 bridgehead atoms. The van der Waals surface area contributed by atoms with Crippen molar-refractivity contribution in [2.75, 3.05) is 25.6 Å². The summed E-state index contributed by atoms with van der Waals surface area (Å²) in [6.07, 6.45) is 3.28. The van der Waals surface area contributed by atoms with Gasteiger partial charge in [0.25, 0.3) is 0 Å². The first-order chi connectivity index (χ1) is 15.3. The van der Waals surface area contributed by atoms with Crippen LogP contribution in [0.25, 0.3) is 11.1 Å². The van der Waals surface area contributed by atoms with E-state index in [-0.39, 0.29) is 0 Å². The minimum Gasteiger partial charge on any atom is -0.495 e. The topological polar surface area (TPSA) is 77.0 Å². The van der Waals surface area contributed by atoms with Crippen molar-refractivity contribution in [1.82, 2.24) is 0 Å². The maximum absolute atomic E-state index is 12.1. The fourth-order valence-electron chi connectivity index (χ4n) is 4.18. The number of benzene rings is 2. The molecular formula is C25H30ClNO5. The summed E-state index contributed by atoms with van der Waals surface area (Å²) in [6, 6.07) is 7.95. The summed E-state index contributed by atoms with van der Waals surface area (Å²) in [5, 5.41) is 13.8. The average Bonchev–Trinajstić information content (AvgIpc) is 3.61. The number of hydrogen-bond donors (Lipinski definition) is 2. The van der Waals surface area contributed by atoms with Crippen LogP contribution in [0.1, 0.15) is 42.4 Å². The molecule has 1 saturated carbocycles. The van der Waals surface area contributed by atoms with Gasteiger partial charge in [-0.25, -0.2) is 4.79 Å². The molecule has 1 aliphatic carbocycles. The standard InChI is InChI=1S/C25H30ClNO5/c1-15-12-21(22(26)23(30-3)16(15)2)20-7-4-18(13-17(20)14-32-19-5-6-19)27-25(24(28)29)8-10-31-11-9-25/h4,7,12-13,19,27H,5-6,8-11,14H2,1-3H3,(H,28,29). The highest BCUT2D eigenvalue weighted by molar-refractivity contribution is 6.35. The molecule has 0 amide bonds. The Hall–Kier alpha value is -2.28. The van der Waals surface area contributed by atoms with Crippen LogP contribution in [0.2, 0.25) is 5.02 Å². The molecule has 2 N–H and O–H groups in total. The van der Waals surface area contributed by atoms with Crippen molar-refractivity contribution < 1.29 is 24.1 Å². The Morgan fingerprint density at radius 2 is 1.94 bits per heavy atom. The molecule has 0 unspecified atom stereocenters. The summed E-state index contributed by atoms with van der Waals surface area (Å²) in [7, 11) is 1.63. The second-order valence-electron chi connectivity index (χ2n) is 8.72. The van der Waals surface area contributed by atoms with Gasteiger partial charge in [-0.1, -0.05) is 17.7 Å². The Balaban J connectivity index is 1.74. The number of hydrogen-bond acceptors (Lipinski definition) is 5. The molecule has 0 radical (unpaired) electrons. The van der Waals surface area contributed by atoms with Crippen LogP contribution in [0.15, 0.2) is 24.3 Å². The zero-order valence-corrected chi connectivity index (χ0v) is 19.6. The Kier molecular flexibility index (Phi) is 6.65. The van der Waals surface area contributed by atoms with E-state index in [0.29, 0.717) is 49.5 Å². The Labute approximate surface area is 193 Å². The Morgan fingerprint density at radius 3 is 2.56 bits per heavy atom.